The van der Waals surface area contributed by atoms with Crippen LogP contribution >= 0.6 is 0 Å². The van der Waals surface area contributed by atoms with E-state index in [-0.39, 0.29) is 5.91 Å². The van der Waals surface area contributed by atoms with E-state index in [2.05, 4.69) is 16.4 Å². The zero-order valence-corrected chi connectivity index (χ0v) is 12.8. The standard InChI is InChI=1S/C19H18N2O2/c22-19(10-15-12-20-17-4-2-1-3-16(15)17)21-11-13-5-6-18-14(9-13)7-8-23-18/h1-6,9,12,20H,7-8,10-11H2,(H,21,22). The van der Waals surface area contributed by atoms with Crippen molar-refractivity contribution in [1.82, 2.24) is 10.3 Å². The Morgan fingerprint density at radius 1 is 1.22 bits per heavy atom. The molecular weight excluding hydrogens is 288 g/mol. The number of carbonyl (C=O) groups excluding carboxylic acids is 1. The minimum Gasteiger partial charge on any atom is -0.493 e. The molecule has 0 unspecified atom stereocenters. The molecule has 23 heavy (non-hydrogen) atoms. The summed E-state index contributed by atoms with van der Waals surface area (Å²) in [6, 6.07) is 14.1. The van der Waals surface area contributed by atoms with Crippen molar-refractivity contribution >= 4 is 16.8 Å². The van der Waals surface area contributed by atoms with Crippen LogP contribution in [0.5, 0.6) is 5.75 Å². The van der Waals surface area contributed by atoms with Gasteiger partial charge in [0.25, 0.3) is 0 Å². The van der Waals surface area contributed by atoms with Gasteiger partial charge in [0.2, 0.25) is 5.91 Å². The second kappa shape index (κ2) is 5.80. The van der Waals surface area contributed by atoms with E-state index in [0.29, 0.717) is 13.0 Å². The van der Waals surface area contributed by atoms with E-state index in [1.807, 2.05) is 42.6 Å². The number of benzene rings is 2. The molecule has 4 rings (SSSR count). The average molecular weight is 306 g/mol. The highest BCUT2D eigenvalue weighted by molar-refractivity contribution is 5.88. The number of para-hydroxylation sites is 1. The predicted molar refractivity (Wildman–Crippen MR) is 89.5 cm³/mol. The Kier molecular flexibility index (Phi) is 3.50. The van der Waals surface area contributed by atoms with Crippen molar-refractivity contribution in [2.45, 2.75) is 19.4 Å². The van der Waals surface area contributed by atoms with Crippen molar-refractivity contribution in [2.75, 3.05) is 6.61 Å². The van der Waals surface area contributed by atoms with Crippen LogP contribution in [-0.2, 0) is 24.2 Å². The number of hydrogen-bond acceptors (Lipinski definition) is 2. The largest absolute Gasteiger partial charge is 0.493 e. The van der Waals surface area contributed by atoms with Crippen LogP contribution in [0.15, 0.2) is 48.7 Å². The highest BCUT2D eigenvalue weighted by atomic mass is 16.5. The van der Waals surface area contributed by atoms with Gasteiger partial charge < -0.3 is 15.0 Å². The number of nitrogens with one attached hydrogen (secondary N) is 2. The summed E-state index contributed by atoms with van der Waals surface area (Å²) in [5, 5.41) is 4.11. The van der Waals surface area contributed by atoms with Gasteiger partial charge in [-0.15, -0.1) is 0 Å². The molecule has 116 valence electrons. The molecule has 0 saturated heterocycles. The van der Waals surface area contributed by atoms with E-state index >= 15 is 0 Å². The number of H-pyrrole nitrogens is 1. The van der Waals surface area contributed by atoms with Crippen LogP contribution in [0.1, 0.15) is 16.7 Å². The van der Waals surface area contributed by atoms with Gasteiger partial charge in [0.1, 0.15) is 5.75 Å². The van der Waals surface area contributed by atoms with Gasteiger partial charge >= 0.3 is 0 Å². The van der Waals surface area contributed by atoms with Gasteiger partial charge in [-0.05, 0) is 28.8 Å². The Morgan fingerprint density at radius 2 is 2.13 bits per heavy atom. The number of fused-ring (bicyclic) bond motifs is 2. The second-order valence-corrected chi connectivity index (χ2v) is 5.85. The van der Waals surface area contributed by atoms with Gasteiger partial charge in [0.05, 0.1) is 13.0 Å². The van der Waals surface area contributed by atoms with Crippen LogP contribution in [0.2, 0.25) is 0 Å². The molecule has 2 N–H and O–H groups in total. The molecule has 1 aliphatic heterocycles. The van der Waals surface area contributed by atoms with Gasteiger partial charge in [-0.1, -0.05) is 30.3 Å². The van der Waals surface area contributed by atoms with Crippen molar-refractivity contribution in [3.05, 3.63) is 65.4 Å². The minimum absolute atomic E-state index is 0.0338. The average Bonchev–Trinajstić information content (AvgIpc) is 3.20. The van der Waals surface area contributed by atoms with E-state index < -0.39 is 0 Å². The Hall–Kier alpha value is -2.75. The van der Waals surface area contributed by atoms with E-state index in [9.17, 15) is 4.79 Å². The number of aromatic amines is 1. The molecule has 0 atom stereocenters. The lowest BCUT2D eigenvalue weighted by molar-refractivity contribution is -0.120. The second-order valence-electron chi connectivity index (χ2n) is 5.85. The molecule has 2 aromatic carbocycles. The monoisotopic (exact) mass is 306 g/mol. The summed E-state index contributed by atoms with van der Waals surface area (Å²) in [6.07, 6.45) is 3.25. The molecule has 3 aromatic rings. The molecule has 4 nitrogen and oxygen atoms in total. The normalized spacial score (nSPS) is 12.9. The van der Waals surface area contributed by atoms with Crippen LogP contribution in [0.25, 0.3) is 10.9 Å². The summed E-state index contributed by atoms with van der Waals surface area (Å²) in [4.78, 5) is 15.4. The first-order valence-corrected chi connectivity index (χ1v) is 7.86. The molecule has 1 amide bonds. The van der Waals surface area contributed by atoms with Crippen molar-refractivity contribution in [3.63, 3.8) is 0 Å². The number of amides is 1. The summed E-state index contributed by atoms with van der Waals surface area (Å²) >= 11 is 0. The number of carbonyl (C=O) groups is 1. The first kappa shape index (κ1) is 13.9. The zero-order valence-electron chi connectivity index (χ0n) is 12.8. The van der Waals surface area contributed by atoms with E-state index in [4.69, 9.17) is 4.74 Å². The van der Waals surface area contributed by atoms with Gasteiger partial charge in [-0.2, -0.15) is 0 Å². The van der Waals surface area contributed by atoms with Crippen molar-refractivity contribution in [2.24, 2.45) is 0 Å². The third-order valence-corrected chi connectivity index (χ3v) is 4.27. The molecule has 4 heteroatoms. The van der Waals surface area contributed by atoms with Crippen LogP contribution < -0.4 is 10.1 Å². The van der Waals surface area contributed by atoms with Gasteiger partial charge in [-0.3, -0.25) is 4.79 Å². The van der Waals surface area contributed by atoms with Crippen LogP contribution in [0.4, 0.5) is 0 Å². The molecule has 2 heterocycles. The fraction of sp³-hybridized carbons (Fsp3) is 0.211. The number of hydrogen-bond donors (Lipinski definition) is 2. The number of ether oxygens (including phenoxy) is 1. The molecule has 0 radical (unpaired) electrons. The fourth-order valence-corrected chi connectivity index (χ4v) is 3.06. The summed E-state index contributed by atoms with van der Waals surface area (Å²) in [6.45, 7) is 1.31. The van der Waals surface area contributed by atoms with E-state index in [0.717, 1.165) is 40.8 Å². The quantitative estimate of drug-likeness (QED) is 0.778. The smallest absolute Gasteiger partial charge is 0.224 e. The molecule has 0 fully saturated rings. The third kappa shape index (κ3) is 2.80. The van der Waals surface area contributed by atoms with Crippen molar-refractivity contribution in [3.8, 4) is 5.75 Å². The lowest BCUT2D eigenvalue weighted by atomic mass is 10.1. The van der Waals surface area contributed by atoms with Crippen LogP contribution in [0.3, 0.4) is 0 Å². The molecule has 1 aromatic heterocycles. The maximum absolute atomic E-state index is 12.2. The first-order valence-electron chi connectivity index (χ1n) is 7.86. The Balaban J connectivity index is 1.40. The van der Waals surface area contributed by atoms with Crippen LogP contribution in [-0.4, -0.2) is 17.5 Å². The minimum atomic E-state index is 0.0338. The highest BCUT2D eigenvalue weighted by Crippen LogP contribution is 2.25. The summed E-state index contributed by atoms with van der Waals surface area (Å²) in [7, 11) is 0. The Labute approximate surface area is 134 Å². The predicted octanol–water partition coefficient (Wildman–Crippen LogP) is 2.96. The maximum Gasteiger partial charge on any atom is 0.224 e. The molecule has 0 spiro atoms. The highest BCUT2D eigenvalue weighted by Gasteiger charge is 2.13. The van der Waals surface area contributed by atoms with Gasteiger partial charge in [0.15, 0.2) is 0 Å². The van der Waals surface area contributed by atoms with Crippen LogP contribution in [0, 0.1) is 0 Å². The molecule has 0 aliphatic carbocycles. The fourth-order valence-electron chi connectivity index (χ4n) is 3.06. The summed E-state index contributed by atoms with van der Waals surface area (Å²) in [5.41, 5.74) is 4.43. The molecule has 1 aliphatic rings. The lowest BCUT2D eigenvalue weighted by Gasteiger charge is -2.07. The van der Waals surface area contributed by atoms with Gasteiger partial charge in [-0.25, -0.2) is 0 Å². The maximum atomic E-state index is 12.2. The Morgan fingerprint density at radius 3 is 3.09 bits per heavy atom. The SMILES string of the molecule is O=C(Cc1c[nH]c2ccccc12)NCc1ccc2c(c1)CCO2. The summed E-state index contributed by atoms with van der Waals surface area (Å²) < 4.78 is 5.50. The van der Waals surface area contributed by atoms with E-state index in [1.54, 1.807) is 0 Å². The molecule has 0 saturated carbocycles. The topological polar surface area (TPSA) is 54.1 Å². The molecule has 0 bridgehead atoms. The van der Waals surface area contributed by atoms with Crippen molar-refractivity contribution < 1.29 is 9.53 Å². The first-order chi connectivity index (χ1) is 11.3. The number of aromatic nitrogens is 1. The third-order valence-electron chi connectivity index (χ3n) is 4.27. The lowest BCUT2D eigenvalue weighted by Crippen LogP contribution is -2.24. The van der Waals surface area contributed by atoms with Crippen molar-refractivity contribution in [1.29, 1.82) is 0 Å². The van der Waals surface area contributed by atoms with E-state index in [1.165, 1.54) is 5.56 Å². The Bertz CT molecular complexity index is 867. The number of rotatable bonds is 4. The molecular formula is C19H18N2O2. The summed E-state index contributed by atoms with van der Waals surface area (Å²) in [5.74, 6) is 1.00. The van der Waals surface area contributed by atoms with Gasteiger partial charge in [0, 0.05) is 30.1 Å². The zero-order chi connectivity index (χ0) is 15.6.